The minimum atomic E-state index is -1.02. The molecule has 0 atom stereocenters. The molecule has 1 aliphatic heterocycles. The van der Waals surface area contributed by atoms with Gasteiger partial charge in [0.15, 0.2) is 0 Å². The van der Waals surface area contributed by atoms with Crippen LogP contribution in [0.4, 0.5) is 14.9 Å². The Morgan fingerprint density at radius 3 is 2.68 bits per heavy atom. The van der Waals surface area contributed by atoms with Crippen LogP contribution in [-0.4, -0.2) is 54.1 Å². The van der Waals surface area contributed by atoms with E-state index in [9.17, 15) is 18.8 Å². The van der Waals surface area contributed by atoms with Crippen LogP contribution in [0.1, 0.15) is 30.6 Å². The van der Waals surface area contributed by atoms with Crippen molar-refractivity contribution in [3.8, 4) is 0 Å². The lowest BCUT2D eigenvalue weighted by molar-refractivity contribution is -0.137. The number of aliphatic carboxylic acids is 1. The molecule has 25 heavy (non-hydrogen) atoms. The van der Waals surface area contributed by atoms with Gasteiger partial charge in [0.25, 0.3) is 5.91 Å². The van der Waals surface area contributed by atoms with Crippen molar-refractivity contribution in [3.63, 3.8) is 0 Å². The number of carboxylic acid groups (broad SMARTS) is 1. The molecule has 0 aromatic heterocycles. The third-order valence-corrected chi connectivity index (χ3v) is 3.82. The van der Waals surface area contributed by atoms with Crippen LogP contribution >= 0.6 is 0 Å². The molecule has 1 aromatic rings. The van der Waals surface area contributed by atoms with Gasteiger partial charge in [-0.2, -0.15) is 0 Å². The highest BCUT2D eigenvalue weighted by Gasteiger charge is 2.25. The maximum absolute atomic E-state index is 14.2. The van der Waals surface area contributed by atoms with E-state index >= 15 is 0 Å². The van der Waals surface area contributed by atoms with Gasteiger partial charge >= 0.3 is 12.0 Å². The first-order chi connectivity index (χ1) is 11.8. The van der Waals surface area contributed by atoms with Crippen molar-refractivity contribution in [2.45, 2.75) is 20.3 Å². The van der Waals surface area contributed by atoms with E-state index in [0.29, 0.717) is 25.3 Å². The summed E-state index contributed by atoms with van der Waals surface area (Å²) in [5.74, 6) is -2.19. The molecule has 136 valence electrons. The van der Waals surface area contributed by atoms with Crippen LogP contribution in [0.2, 0.25) is 0 Å². The number of hydrogen-bond acceptors (Lipinski definition) is 3. The third kappa shape index (κ3) is 4.68. The minimum absolute atomic E-state index is 0.000213. The Morgan fingerprint density at radius 2 is 2.12 bits per heavy atom. The molecule has 1 heterocycles. The van der Waals surface area contributed by atoms with E-state index in [0.717, 1.165) is 6.07 Å². The van der Waals surface area contributed by atoms with Gasteiger partial charge in [-0.3, -0.25) is 14.5 Å². The zero-order valence-electron chi connectivity index (χ0n) is 14.3. The molecular weight excluding hydrogens is 329 g/mol. The van der Waals surface area contributed by atoms with Crippen molar-refractivity contribution in [3.05, 3.63) is 29.6 Å². The van der Waals surface area contributed by atoms with Crippen LogP contribution in [0.5, 0.6) is 0 Å². The van der Waals surface area contributed by atoms with E-state index in [1.807, 2.05) is 13.8 Å². The Labute approximate surface area is 145 Å². The topological polar surface area (TPSA) is 90.0 Å². The Kier molecular flexibility index (Phi) is 5.95. The van der Waals surface area contributed by atoms with Gasteiger partial charge in [-0.05, 0) is 24.1 Å². The van der Waals surface area contributed by atoms with Gasteiger partial charge in [0, 0.05) is 31.9 Å². The van der Waals surface area contributed by atoms with Crippen LogP contribution in [0.15, 0.2) is 18.2 Å². The highest BCUT2D eigenvalue weighted by atomic mass is 19.1. The summed E-state index contributed by atoms with van der Waals surface area (Å²) in [5.41, 5.74) is 0.269. The van der Waals surface area contributed by atoms with E-state index in [1.165, 1.54) is 21.9 Å². The van der Waals surface area contributed by atoms with Crippen molar-refractivity contribution in [1.29, 1.82) is 0 Å². The fourth-order valence-electron chi connectivity index (χ4n) is 2.68. The number of benzene rings is 1. The average Bonchev–Trinajstić information content (AvgIpc) is 2.97. The molecule has 0 spiro atoms. The zero-order chi connectivity index (χ0) is 18.6. The van der Waals surface area contributed by atoms with E-state index in [1.54, 1.807) is 0 Å². The highest BCUT2D eigenvalue weighted by Crippen LogP contribution is 2.22. The summed E-state index contributed by atoms with van der Waals surface area (Å²) < 4.78 is 14.2. The molecule has 0 saturated carbocycles. The monoisotopic (exact) mass is 351 g/mol. The molecule has 1 saturated heterocycles. The van der Waals surface area contributed by atoms with Gasteiger partial charge in [0.1, 0.15) is 5.82 Å². The van der Waals surface area contributed by atoms with Crippen LogP contribution in [0, 0.1) is 11.7 Å². The first-order valence-corrected chi connectivity index (χ1v) is 8.15. The maximum Gasteiger partial charge on any atom is 0.321 e. The van der Waals surface area contributed by atoms with E-state index in [2.05, 4.69) is 5.32 Å². The van der Waals surface area contributed by atoms with E-state index < -0.39 is 17.7 Å². The number of nitrogens with one attached hydrogen (secondary N) is 1. The molecule has 7 nitrogen and oxygen atoms in total. The van der Waals surface area contributed by atoms with Crippen LogP contribution in [-0.2, 0) is 4.79 Å². The number of nitrogens with zero attached hydrogens (tertiary/aromatic N) is 2. The minimum Gasteiger partial charge on any atom is -0.481 e. The number of halogens is 1. The molecule has 1 aliphatic rings. The summed E-state index contributed by atoms with van der Waals surface area (Å²) in [6, 6.07) is 3.64. The number of carbonyl (C=O) groups excluding carboxylic acids is 2. The van der Waals surface area contributed by atoms with Gasteiger partial charge < -0.3 is 15.3 Å². The second-order valence-corrected chi connectivity index (χ2v) is 6.34. The third-order valence-electron chi connectivity index (χ3n) is 3.82. The van der Waals surface area contributed by atoms with E-state index in [4.69, 9.17) is 5.11 Å². The summed E-state index contributed by atoms with van der Waals surface area (Å²) in [7, 11) is 0. The standard InChI is InChI=1S/C17H22FN3O4/c1-11(2)10-20(7-5-15(22)23)16(24)13-9-12(3-4-14(13)18)21-8-6-19-17(21)25/h3-4,9,11H,5-8,10H2,1-2H3,(H,19,25)(H,22,23). The second-order valence-electron chi connectivity index (χ2n) is 6.34. The van der Waals surface area contributed by atoms with Crippen LogP contribution in [0.3, 0.4) is 0 Å². The predicted molar refractivity (Wildman–Crippen MR) is 90.1 cm³/mol. The average molecular weight is 351 g/mol. The second kappa shape index (κ2) is 7.96. The lowest BCUT2D eigenvalue weighted by Crippen LogP contribution is -2.36. The van der Waals surface area contributed by atoms with Gasteiger partial charge in [0.05, 0.1) is 12.0 Å². The number of carbonyl (C=O) groups is 3. The number of urea groups is 1. The number of carboxylic acids is 1. The summed E-state index contributed by atoms with van der Waals surface area (Å²) in [5, 5.41) is 11.5. The molecule has 0 radical (unpaired) electrons. The van der Waals surface area contributed by atoms with Crippen LogP contribution in [0.25, 0.3) is 0 Å². The Bertz CT molecular complexity index is 678. The van der Waals surface area contributed by atoms with Crippen LogP contribution < -0.4 is 10.2 Å². The summed E-state index contributed by atoms with van der Waals surface area (Å²) in [4.78, 5) is 38.1. The van der Waals surface area contributed by atoms with Gasteiger partial charge in [0.2, 0.25) is 0 Å². The molecule has 2 rings (SSSR count). The number of hydrogen-bond donors (Lipinski definition) is 2. The van der Waals surface area contributed by atoms with Crippen molar-refractivity contribution in [1.82, 2.24) is 10.2 Å². The summed E-state index contributed by atoms with van der Waals surface area (Å²) in [6.45, 7) is 5.02. The van der Waals surface area contributed by atoms with E-state index in [-0.39, 0.29) is 30.5 Å². The predicted octanol–water partition coefficient (Wildman–Crippen LogP) is 1.93. The molecule has 1 aromatic carbocycles. The largest absolute Gasteiger partial charge is 0.481 e. The van der Waals surface area contributed by atoms with Crippen molar-refractivity contribution in [2.24, 2.45) is 5.92 Å². The number of anilines is 1. The molecule has 2 N–H and O–H groups in total. The molecule has 0 aliphatic carbocycles. The molecule has 3 amide bonds. The Hall–Kier alpha value is -2.64. The molecule has 0 bridgehead atoms. The smallest absolute Gasteiger partial charge is 0.321 e. The molecule has 0 unspecified atom stereocenters. The van der Waals surface area contributed by atoms with Gasteiger partial charge in [-0.25, -0.2) is 9.18 Å². The first-order valence-electron chi connectivity index (χ1n) is 8.15. The quantitative estimate of drug-likeness (QED) is 0.785. The van der Waals surface area contributed by atoms with Crippen molar-refractivity contribution < 1.29 is 23.9 Å². The highest BCUT2D eigenvalue weighted by molar-refractivity contribution is 5.98. The molecular formula is C17H22FN3O4. The molecule has 8 heteroatoms. The number of amides is 3. The normalized spacial score (nSPS) is 13.9. The lowest BCUT2D eigenvalue weighted by atomic mass is 10.1. The Balaban J connectivity index is 2.27. The number of rotatable bonds is 7. The summed E-state index contributed by atoms with van der Waals surface area (Å²) >= 11 is 0. The SMILES string of the molecule is CC(C)CN(CCC(=O)O)C(=O)c1cc(N2CCNC2=O)ccc1F. The maximum atomic E-state index is 14.2. The fourth-order valence-corrected chi connectivity index (χ4v) is 2.68. The van der Waals surface area contributed by atoms with Gasteiger partial charge in [-0.1, -0.05) is 13.8 Å². The zero-order valence-corrected chi connectivity index (χ0v) is 14.3. The van der Waals surface area contributed by atoms with Crippen molar-refractivity contribution >= 4 is 23.6 Å². The van der Waals surface area contributed by atoms with Crippen molar-refractivity contribution in [2.75, 3.05) is 31.1 Å². The Morgan fingerprint density at radius 1 is 1.40 bits per heavy atom. The van der Waals surface area contributed by atoms with Gasteiger partial charge in [-0.15, -0.1) is 0 Å². The lowest BCUT2D eigenvalue weighted by Gasteiger charge is -2.25. The molecule has 1 fully saturated rings. The fraction of sp³-hybridized carbons (Fsp3) is 0.471. The summed E-state index contributed by atoms with van der Waals surface area (Å²) in [6.07, 6.45) is -0.214. The first kappa shape index (κ1) is 18.7.